The van der Waals surface area contributed by atoms with Gasteiger partial charge < -0.3 is 5.73 Å². The first-order valence-corrected chi connectivity index (χ1v) is 10.2. The van der Waals surface area contributed by atoms with Crippen LogP contribution in [0.25, 0.3) is 38.6 Å². The van der Waals surface area contributed by atoms with E-state index in [0.717, 1.165) is 57.7 Å². The minimum absolute atomic E-state index is 0.144. The van der Waals surface area contributed by atoms with Crippen LogP contribution in [0.15, 0.2) is 42.9 Å². The van der Waals surface area contributed by atoms with Crippen LogP contribution < -0.4 is 5.73 Å². The van der Waals surface area contributed by atoms with Gasteiger partial charge in [0.2, 0.25) is 0 Å². The highest BCUT2D eigenvalue weighted by Gasteiger charge is 2.38. The summed E-state index contributed by atoms with van der Waals surface area (Å²) >= 11 is 0. The normalized spacial score (nSPS) is 14.7. The highest BCUT2D eigenvalue weighted by Crippen LogP contribution is 2.40. The van der Waals surface area contributed by atoms with E-state index in [1.807, 2.05) is 18.2 Å². The number of nitrogens with one attached hydrogen (secondary N) is 2. The fraction of sp³-hybridized carbons (Fsp3) is 0.217. The van der Waals surface area contributed by atoms with Crippen molar-refractivity contribution in [3.05, 3.63) is 59.7 Å². The van der Waals surface area contributed by atoms with Crippen molar-refractivity contribution in [1.82, 2.24) is 20.2 Å². The third-order valence-corrected chi connectivity index (χ3v) is 5.92. The van der Waals surface area contributed by atoms with Crippen LogP contribution in [-0.2, 0) is 12.8 Å². The van der Waals surface area contributed by atoms with Crippen molar-refractivity contribution in [2.45, 2.75) is 31.9 Å². The topological polar surface area (TPSA) is 104 Å². The molecule has 5 rings (SSSR count). The Morgan fingerprint density at radius 1 is 1.03 bits per heavy atom. The number of nitrogens with two attached hydrogens (primary N) is 1. The number of aryl methyl sites for hydroxylation is 1. The number of halogens is 3. The summed E-state index contributed by atoms with van der Waals surface area (Å²) in [5.74, 6) is 0. The molecule has 4 N–H and O–H groups in total. The second kappa shape index (κ2) is 7.44. The summed E-state index contributed by atoms with van der Waals surface area (Å²) < 4.78 is 40.1. The number of hydrogen-bond acceptors (Lipinski definition) is 5. The van der Waals surface area contributed by atoms with Crippen molar-refractivity contribution in [2.24, 2.45) is 5.73 Å². The molecule has 0 fully saturated rings. The van der Waals surface area contributed by atoms with Crippen molar-refractivity contribution < 1.29 is 13.2 Å². The fourth-order valence-corrected chi connectivity index (χ4v) is 4.51. The molecule has 0 spiro atoms. The van der Waals surface area contributed by atoms with Crippen molar-refractivity contribution in [3.8, 4) is 11.3 Å². The van der Waals surface area contributed by atoms with Crippen molar-refractivity contribution >= 4 is 33.1 Å². The van der Waals surface area contributed by atoms with Gasteiger partial charge in [0, 0.05) is 40.5 Å². The molecule has 0 saturated heterocycles. The second-order valence-corrected chi connectivity index (χ2v) is 7.77. The molecule has 9 heteroatoms. The first-order valence-electron chi connectivity index (χ1n) is 10.2. The highest BCUT2D eigenvalue weighted by molar-refractivity contribution is 6.25. The maximum absolute atomic E-state index is 13.4. The molecule has 3 heterocycles. The fourth-order valence-electron chi connectivity index (χ4n) is 4.51. The number of hydrogen-bond donors (Lipinski definition) is 3. The molecular weight excluding hydrogens is 417 g/mol. The lowest BCUT2D eigenvalue weighted by atomic mass is 9.84. The van der Waals surface area contributed by atoms with Crippen LogP contribution in [0.5, 0.6) is 0 Å². The van der Waals surface area contributed by atoms with Crippen LogP contribution >= 0.6 is 0 Å². The zero-order valence-electron chi connectivity index (χ0n) is 16.9. The molecule has 4 aromatic rings. The molecule has 1 aliphatic carbocycles. The minimum Gasteiger partial charge on any atom is -0.404 e. The van der Waals surface area contributed by atoms with Gasteiger partial charge in [0.1, 0.15) is 11.4 Å². The Kier molecular flexibility index (Phi) is 4.69. The molecule has 1 aromatic carbocycles. The van der Waals surface area contributed by atoms with Crippen LogP contribution in [0, 0.1) is 5.41 Å². The molecule has 0 unspecified atom stereocenters. The van der Waals surface area contributed by atoms with Gasteiger partial charge in [-0.25, -0.2) is 4.98 Å². The number of benzene rings is 1. The highest BCUT2D eigenvalue weighted by atomic mass is 19.4. The molecule has 162 valence electrons. The number of rotatable bonds is 3. The lowest BCUT2D eigenvalue weighted by molar-refractivity contribution is -0.0578. The van der Waals surface area contributed by atoms with E-state index in [4.69, 9.17) is 11.1 Å². The lowest BCUT2D eigenvalue weighted by Crippen LogP contribution is -2.25. The van der Waals surface area contributed by atoms with Crippen LogP contribution in [0.1, 0.15) is 29.7 Å². The van der Waals surface area contributed by atoms with Gasteiger partial charge in [-0.1, -0.05) is 0 Å². The summed E-state index contributed by atoms with van der Waals surface area (Å²) in [7, 11) is 0. The molecule has 0 amide bonds. The van der Waals surface area contributed by atoms with E-state index in [1.54, 1.807) is 18.5 Å². The summed E-state index contributed by atoms with van der Waals surface area (Å²) in [6, 6.07) is 7.32. The number of aromatic amines is 1. The van der Waals surface area contributed by atoms with E-state index in [0.29, 0.717) is 18.4 Å². The van der Waals surface area contributed by atoms with Gasteiger partial charge in [0.05, 0.1) is 16.7 Å². The monoisotopic (exact) mass is 436 g/mol. The molecule has 0 radical (unpaired) electrons. The molecule has 32 heavy (non-hydrogen) atoms. The molecule has 0 saturated carbocycles. The number of nitrogens with zero attached hydrogens (tertiary/aromatic N) is 3. The third kappa shape index (κ3) is 3.12. The Hall–Kier alpha value is -3.75. The van der Waals surface area contributed by atoms with Crippen molar-refractivity contribution in [1.29, 1.82) is 5.41 Å². The first kappa shape index (κ1) is 20.2. The maximum atomic E-state index is 13.4. The molecular formula is C23H19F3N6. The molecule has 0 aliphatic heterocycles. The molecule has 0 atom stereocenters. The van der Waals surface area contributed by atoms with Crippen LogP contribution in [0.4, 0.5) is 13.2 Å². The number of fused-ring (bicyclic) bond motifs is 5. The van der Waals surface area contributed by atoms with Gasteiger partial charge in [-0.05, 0) is 61.1 Å². The van der Waals surface area contributed by atoms with E-state index in [9.17, 15) is 13.2 Å². The lowest BCUT2D eigenvalue weighted by Gasteiger charge is -2.23. The van der Waals surface area contributed by atoms with E-state index in [-0.39, 0.29) is 11.3 Å². The Labute approximate surface area is 180 Å². The first-order chi connectivity index (χ1) is 15.4. The van der Waals surface area contributed by atoms with Gasteiger partial charge >= 0.3 is 6.18 Å². The largest absolute Gasteiger partial charge is 0.433 e. The zero-order valence-corrected chi connectivity index (χ0v) is 16.9. The molecule has 1 aliphatic rings. The molecule has 3 aromatic heterocycles. The Balaban J connectivity index is 1.85. The average Bonchev–Trinajstić information content (AvgIpc) is 3.23. The Bertz CT molecular complexity index is 1390. The number of allylic oxidation sites excluding steroid dienone is 1. The molecule has 6 nitrogen and oxygen atoms in total. The molecule has 0 bridgehead atoms. The summed E-state index contributed by atoms with van der Waals surface area (Å²) in [6.45, 7) is 0. The van der Waals surface area contributed by atoms with Crippen LogP contribution in [0.3, 0.4) is 0 Å². The van der Waals surface area contributed by atoms with Crippen molar-refractivity contribution in [3.63, 3.8) is 0 Å². The Morgan fingerprint density at radius 2 is 1.75 bits per heavy atom. The quantitative estimate of drug-likeness (QED) is 0.396. The SMILES string of the molecule is N=C(/C(=C\N)c1nc2ccc3[nH]nc(-c4ccncc4)c3c2c2c1CCCC2)C(F)(F)F. The van der Waals surface area contributed by atoms with Crippen LogP contribution in [-0.4, -0.2) is 32.1 Å². The van der Waals surface area contributed by atoms with Gasteiger partial charge in [0.15, 0.2) is 0 Å². The van der Waals surface area contributed by atoms with Gasteiger partial charge in [-0.2, -0.15) is 18.3 Å². The average molecular weight is 436 g/mol. The summed E-state index contributed by atoms with van der Waals surface area (Å²) in [4.78, 5) is 8.68. The predicted molar refractivity (Wildman–Crippen MR) is 117 cm³/mol. The Morgan fingerprint density at radius 3 is 2.44 bits per heavy atom. The van der Waals surface area contributed by atoms with E-state index in [1.165, 1.54) is 0 Å². The number of pyridine rings is 2. The second-order valence-electron chi connectivity index (χ2n) is 7.77. The standard InChI is InChI=1S/C23H19F3N6/c24-23(25,26)22(28)15(11-27)21-14-4-2-1-3-13(14)18-16(30-21)5-6-17-19(18)20(32-31-17)12-7-9-29-10-8-12/h5-11,28H,1-4,27H2,(H,31,32)/b15-11-,28-22?. The van der Waals surface area contributed by atoms with Gasteiger partial charge in [0.25, 0.3) is 0 Å². The van der Waals surface area contributed by atoms with E-state index >= 15 is 0 Å². The summed E-state index contributed by atoms with van der Waals surface area (Å²) in [6.07, 6.45) is 2.45. The third-order valence-electron chi connectivity index (χ3n) is 5.92. The smallest absolute Gasteiger partial charge is 0.404 e. The number of alkyl halides is 3. The zero-order chi connectivity index (χ0) is 22.5. The maximum Gasteiger partial charge on any atom is 0.433 e. The van der Waals surface area contributed by atoms with Crippen molar-refractivity contribution in [2.75, 3.05) is 0 Å². The summed E-state index contributed by atoms with van der Waals surface area (Å²) in [5.41, 5.74) is 8.54. The summed E-state index contributed by atoms with van der Waals surface area (Å²) in [5, 5.41) is 17.0. The van der Waals surface area contributed by atoms with Gasteiger partial charge in [-0.3, -0.25) is 15.5 Å². The van der Waals surface area contributed by atoms with Crippen LogP contribution in [0.2, 0.25) is 0 Å². The number of aromatic nitrogens is 4. The number of H-pyrrole nitrogens is 1. The van der Waals surface area contributed by atoms with Gasteiger partial charge in [-0.15, -0.1) is 0 Å². The van der Waals surface area contributed by atoms with E-state index < -0.39 is 11.9 Å². The van der Waals surface area contributed by atoms with E-state index in [2.05, 4.69) is 20.2 Å². The predicted octanol–water partition coefficient (Wildman–Crippen LogP) is 4.93. The minimum atomic E-state index is -4.81.